The van der Waals surface area contributed by atoms with Crippen LogP contribution in [-0.2, 0) is 11.6 Å². The molecule has 0 aliphatic rings. The van der Waals surface area contributed by atoms with Crippen LogP contribution in [0.3, 0.4) is 0 Å². The fourth-order valence-electron chi connectivity index (χ4n) is 1.63. The first-order valence-electron chi connectivity index (χ1n) is 5.23. The number of ether oxygens (including phenoxy) is 1. The van der Waals surface area contributed by atoms with E-state index in [2.05, 4.69) is 4.74 Å². The Hall–Kier alpha value is -1.43. The van der Waals surface area contributed by atoms with Crippen molar-refractivity contribution in [2.75, 3.05) is 13.7 Å². The summed E-state index contributed by atoms with van der Waals surface area (Å²) in [7, 11) is 1.06. The lowest BCUT2D eigenvalue weighted by molar-refractivity contribution is -0.138. The second kappa shape index (κ2) is 4.68. The zero-order valence-corrected chi connectivity index (χ0v) is 10.3. The van der Waals surface area contributed by atoms with Crippen molar-refractivity contribution in [2.45, 2.75) is 25.4 Å². The SMILES string of the molecule is COc1c(C(F)(F)F)ccc(C(C)(C)CO)c1O. The third kappa shape index (κ3) is 2.53. The number of aromatic hydroxyl groups is 1. The molecular weight excluding hydrogens is 249 g/mol. The molecule has 0 radical (unpaired) electrons. The molecule has 18 heavy (non-hydrogen) atoms. The minimum absolute atomic E-state index is 0.204. The molecular formula is C12H15F3O3. The van der Waals surface area contributed by atoms with Crippen LogP contribution in [-0.4, -0.2) is 23.9 Å². The summed E-state index contributed by atoms with van der Waals surface area (Å²) in [6, 6.07) is 1.99. The standard InChI is InChI=1S/C12H15F3O3/c1-11(2,6-16)7-4-5-8(12(13,14)15)10(18-3)9(7)17/h4-5,16-17H,6H2,1-3H3. The number of rotatable bonds is 3. The molecule has 6 heteroatoms. The van der Waals surface area contributed by atoms with Crippen molar-refractivity contribution in [3.63, 3.8) is 0 Å². The highest BCUT2D eigenvalue weighted by molar-refractivity contribution is 5.54. The fourth-order valence-corrected chi connectivity index (χ4v) is 1.63. The monoisotopic (exact) mass is 264 g/mol. The molecule has 2 N–H and O–H groups in total. The average Bonchev–Trinajstić information content (AvgIpc) is 2.26. The smallest absolute Gasteiger partial charge is 0.420 e. The number of halogens is 3. The van der Waals surface area contributed by atoms with E-state index in [1.807, 2.05) is 0 Å². The number of benzene rings is 1. The molecule has 0 spiro atoms. The van der Waals surface area contributed by atoms with E-state index in [9.17, 15) is 23.4 Å². The van der Waals surface area contributed by atoms with Gasteiger partial charge in [-0.1, -0.05) is 19.9 Å². The first kappa shape index (κ1) is 14.6. The Morgan fingerprint density at radius 2 is 1.67 bits per heavy atom. The van der Waals surface area contributed by atoms with Crippen molar-refractivity contribution in [1.29, 1.82) is 0 Å². The number of aliphatic hydroxyl groups is 1. The van der Waals surface area contributed by atoms with Gasteiger partial charge in [0.1, 0.15) is 5.56 Å². The summed E-state index contributed by atoms with van der Waals surface area (Å²) in [6.07, 6.45) is -4.61. The lowest BCUT2D eigenvalue weighted by Crippen LogP contribution is -2.23. The van der Waals surface area contributed by atoms with E-state index in [1.165, 1.54) is 0 Å². The van der Waals surface area contributed by atoms with E-state index in [0.717, 1.165) is 19.2 Å². The molecule has 0 atom stereocenters. The molecule has 0 heterocycles. The third-order valence-corrected chi connectivity index (χ3v) is 2.77. The lowest BCUT2D eigenvalue weighted by atomic mass is 9.84. The molecule has 0 aliphatic heterocycles. The maximum atomic E-state index is 12.7. The van der Waals surface area contributed by atoms with Crippen LogP contribution in [0.1, 0.15) is 25.0 Å². The van der Waals surface area contributed by atoms with Crippen molar-refractivity contribution in [2.24, 2.45) is 0 Å². The van der Waals surface area contributed by atoms with Gasteiger partial charge in [-0.15, -0.1) is 0 Å². The molecule has 0 saturated carbocycles. The van der Waals surface area contributed by atoms with Gasteiger partial charge in [-0.25, -0.2) is 0 Å². The summed E-state index contributed by atoms with van der Waals surface area (Å²) in [4.78, 5) is 0. The highest BCUT2D eigenvalue weighted by Crippen LogP contribution is 2.45. The Labute approximate surface area is 103 Å². The van der Waals surface area contributed by atoms with Gasteiger partial charge in [0.15, 0.2) is 11.5 Å². The second-order valence-electron chi connectivity index (χ2n) is 4.58. The molecule has 1 aromatic rings. The van der Waals surface area contributed by atoms with E-state index in [-0.39, 0.29) is 12.2 Å². The Bertz CT molecular complexity index is 439. The predicted octanol–water partition coefficient (Wildman–Crippen LogP) is 2.69. The molecule has 0 unspecified atom stereocenters. The van der Waals surface area contributed by atoms with Gasteiger partial charge < -0.3 is 14.9 Å². The number of phenols is 1. The molecule has 0 aliphatic carbocycles. The van der Waals surface area contributed by atoms with Crippen molar-refractivity contribution >= 4 is 0 Å². The lowest BCUT2D eigenvalue weighted by Gasteiger charge is -2.25. The van der Waals surface area contributed by atoms with Gasteiger partial charge >= 0.3 is 6.18 Å². The largest absolute Gasteiger partial charge is 0.504 e. The van der Waals surface area contributed by atoms with Gasteiger partial charge in [0.05, 0.1) is 13.7 Å². The Morgan fingerprint density at radius 3 is 2.06 bits per heavy atom. The van der Waals surface area contributed by atoms with Crippen LogP contribution >= 0.6 is 0 Å². The molecule has 0 aromatic heterocycles. The van der Waals surface area contributed by atoms with Gasteiger partial charge in [0, 0.05) is 11.0 Å². The van der Waals surface area contributed by atoms with Crippen LogP contribution in [0.5, 0.6) is 11.5 Å². The number of hydrogen-bond acceptors (Lipinski definition) is 3. The van der Waals surface area contributed by atoms with Crippen molar-refractivity contribution < 1.29 is 28.1 Å². The van der Waals surface area contributed by atoms with Crippen LogP contribution in [0.15, 0.2) is 12.1 Å². The molecule has 0 fully saturated rings. The zero-order chi connectivity index (χ0) is 14.1. The normalized spacial score (nSPS) is 12.6. The number of aliphatic hydroxyl groups excluding tert-OH is 1. The van der Waals surface area contributed by atoms with Gasteiger partial charge in [-0.3, -0.25) is 0 Å². The van der Waals surface area contributed by atoms with Gasteiger partial charge in [0.25, 0.3) is 0 Å². The fraction of sp³-hybridized carbons (Fsp3) is 0.500. The third-order valence-electron chi connectivity index (χ3n) is 2.77. The summed E-state index contributed by atoms with van der Waals surface area (Å²) in [5.41, 5.74) is -1.70. The van der Waals surface area contributed by atoms with E-state index in [4.69, 9.17) is 0 Å². The number of alkyl halides is 3. The van der Waals surface area contributed by atoms with Gasteiger partial charge in [-0.05, 0) is 6.07 Å². The van der Waals surface area contributed by atoms with Crippen LogP contribution in [0.4, 0.5) is 13.2 Å². The Morgan fingerprint density at radius 1 is 1.17 bits per heavy atom. The van der Waals surface area contributed by atoms with Crippen LogP contribution in [0.25, 0.3) is 0 Å². The van der Waals surface area contributed by atoms with Crippen molar-refractivity contribution in [3.8, 4) is 11.5 Å². The first-order chi connectivity index (χ1) is 8.15. The summed E-state index contributed by atoms with van der Waals surface area (Å²) >= 11 is 0. The van der Waals surface area contributed by atoms with E-state index < -0.39 is 28.7 Å². The predicted molar refractivity (Wildman–Crippen MR) is 59.8 cm³/mol. The van der Waals surface area contributed by atoms with Crippen molar-refractivity contribution in [1.82, 2.24) is 0 Å². The molecule has 0 saturated heterocycles. The number of hydrogen-bond donors (Lipinski definition) is 2. The highest BCUT2D eigenvalue weighted by atomic mass is 19.4. The minimum Gasteiger partial charge on any atom is -0.504 e. The molecule has 0 amide bonds. The first-order valence-corrected chi connectivity index (χ1v) is 5.23. The molecule has 1 aromatic carbocycles. The topological polar surface area (TPSA) is 49.7 Å². The number of phenolic OH excluding ortho intramolecular Hbond substituents is 1. The quantitative estimate of drug-likeness (QED) is 0.882. The number of methoxy groups -OCH3 is 1. The average molecular weight is 264 g/mol. The molecule has 1 rings (SSSR count). The molecule has 3 nitrogen and oxygen atoms in total. The minimum atomic E-state index is -4.61. The van der Waals surface area contributed by atoms with Gasteiger partial charge in [0.2, 0.25) is 0 Å². The Kier molecular flexibility index (Phi) is 3.81. The molecule has 0 bridgehead atoms. The van der Waals surface area contributed by atoms with Crippen molar-refractivity contribution in [3.05, 3.63) is 23.3 Å². The summed E-state index contributed by atoms with van der Waals surface area (Å²) in [6.45, 7) is 2.90. The maximum absolute atomic E-state index is 12.7. The summed E-state index contributed by atoms with van der Waals surface area (Å²) < 4.78 is 42.7. The van der Waals surface area contributed by atoms with E-state index in [0.29, 0.717) is 0 Å². The second-order valence-corrected chi connectivity index (χ2v) is 4.58. The van der Waals surface area contributed by atoms with Gasteiger partial charge in [-0.2, -0.15) is 13.2 Å². The maximum Gasteiger partial charge on any atom is 0.420 e. The summed E-state index contributed by atoms with van der Waals surface area (Å²) in [5.74, 6) is -1.21. The van der Waals surface area contributed by atoms with Crippen LogP contribution < -0.4 is 4.74 Å². The van der Waals surface area contributed by atoms with Crippen LogP contribution in [0, 0.1) is 0 Å². The Balaban J connectivity index is 3.48. The molecule has 102 valence electrons. The zero-order valence-electron chi connectivity index (χ0n) is 10.3. The highest BCUT2D eigenvalue weighted by Gasteiger charge is 2.37. The van der Waals surface area contributed by atoms with E-state index in [1.54, 1.807) is 13.8 Å². The van der Waals surface area contributed by atoms with Crippen LogP contribution in [0.2, 0.25) is 0 Å². The van der Waals surface area contributed by atoms with E-state index >= 15 is 0 Å². The summed E-state index contributed by atoms with van der Waals surface area (Å²) in [5, 5.41) is 19.1.